The number of aliphatic hydroxyl groups is 1. The Bertz CT molecular complexity index is 1400. The van der Waals surface area contributed by atoms with Crippen LogP contribution in [0.5, 0.6) is 5.75 Å². The number of piperidine rings is 1. The molecule has 0 radical (unpaired) electrons. The summed E-state index contributed by atoms with van der Waals surface area (Å²) in [5.41, 5.74) is -1.44. The van der Waals surface area contributed by atoms with E-state index in [1.165, 1.54) is 38.2 Å². The summed E-state index contributed by atoms with van der Waals surface area (Å²) in [4.78, 5) is 27.3. The van der Waals surface area contributed by atoms with Crippen molar-refractivity contribution in [1.29, 1.82) is 0 Å². The molecular formula is C26H34FN6O7P. The van der Waals surface area contributed by atoms with Gasteiger partial charge in [0.25, 0.3) is 0 Å². The van der Waals surface area contributed by atoms with Gasteiger partial charge in [0.2, 0.25) is 0 Å². The van der Waals surface area contributed by atoms with E-state index in [-0.39, 0.29) is 5.75 Å². The second kappa shape index (κ2) is 12.0. The Morgan fingerprint density at radius 1 is 1.24 bits per heavy atom. The Morgan fingerprint density at radius 2 is 1.98 bits per heavy atom. The third-order valence-corrected chi connectivity index (χ3v) is 8.89. The van der Waals surface area contributed by atoms with Gasteiger partial charge >= 0.3 is 13.7 Å². The molecule has 15 heteroatoms. The van der Waals surface area contributed by atoms with E-state index in [1.54, 1.807) is 30.3 Å². The highest BCUT2D eigenvalue weighted by atomic mass is 31.2. The van der Waals surface area contributed by atoms with Gasteiger partial charge in [-0.05, 0) is 45.2 Å². The third-order valence-electron chi connectivity index (χ3n) is 7.25. The van der Waals surface area contributed by atoms with Crippen molar-refractivity contribution in [2.75, 3.05) is 31.7 Å². The molecule has 0 saturated carbocycles. The number of imidazole rings is 1. The fourth-order valence-corrected chi connectivity index (χ4v) is 6.55. The number of carbonyl (C=O) groups excluding carboxylic acids is 1. The molecule has 0 spiro atoms. The molecule has 2 N–H and O–H groups in total. The Labute approximate surface area is 236 Å². The van der Waals surface area contributed by atoms with E-state index >= 15 is 4.39 Å². The molecule has 2 aliphatic rings. The lowest BCUT2D eigenvalue weighted by molar-refractivity contribution is -0.142. The highest BCUT2D eigenvalue weighted by Crippen LogP contribution is 2.48. The van der Waals surface area contributed by atoms with Gasteiger partial charge in [0.05, 0.1) is 20.0 Å². The minimum atomic E-state index is -4.24. The van der Waals surface area contributed by atoms with Crippen LogP contribution in [0, 0.1) is 0 Å². The molecule has 13 nitrogen and oxygen atoms in total. The minimum absolute atomic E-state index is 0.204. The summed E-state index contributed by atoms with van der Waals surface area (Å²) in [7, 11) is -3.05. The topological polar surface area (TPSA) is 150 Å². The first-order valence-corrected chi connectivity index (χ1v) is 15.0. The lowest BCUT2D eigenvalue weighted by Gasteiger charge is -2.28. The molecule has 0 amide bonds. The van der Waals surface area contributed by atoms with E-state index < -0.39 is 50.5 Å². The largest absolute Gasteiger partial charge is 0.468 e. The maximum Gasteiger partial charge on any atom is 0.459 e. The number of para-hydroxylation sites is 1. The SMILES string of the molecule is COC(=O)[C@H](C)N[P@](=O)(OC[C@H]1O[C@@H](n2cnc3c(N4CCCCC4)ncnc32)[C@](C)(F)[C@@H]1O)Oc1ccccc1. The standard InChI is InChI=1S/C26H34FN6O7P/c1-17(24(35)37-3)31-41(36,40-18-10-6-4-7-11-18)38-14-19-21(34)26(2,27)25(39-19)33-16-30-20-22(28-15-29-23(20)33)32-12-8-5-9-13-32/h4,6-7,10-11,15-17,19,21,25,34H,5,8-9,12-14H2,1-3H3,(H,31,36)/t17-,19+,21+,25+,26+,41-/m0/s1. The molecule has 0 bridgehead atoms. The van der Waals surface area contributed by atoms with Crippen LogP contribution in [0.15, 0.2) is 43.0 Å². The Morgan fingerprint density at radius 3 is 2.68 bits per heavy atom. The van der Waals surface area contributed by atoms with Gasteiger partial charge in [-0.2, -0.15) is 5.09 Å². The van der Waals surface area contributed by atoms with Gasteiger partial charge in [0, 0.05) is 13.1 Å². The minimum Gasteiger partial charge on any atom is -0.468 e. The molecule has 0 aliphatic carbocycles. The summed E-state index contributed by atoms with van der Waals surface area (Å²) in [5.74, 6) is 0.171. The Hall–Kier alpha value is -3.16. The van der Waals surface area contributed by atoms with Crippen LogP contribution in [0.4, 0.5) is 10.2 Å². The van der Waals surface area contributed by atoms with Crippen LogP contribution >= 0.6 is 7.75 Å². The molecule has 6 atom stereocenters. The summed E-state index contributed by atoms with van der Waals surface area (Å²) in [6.07, 6.45) is 1.80. The molecule has 5 rings (SSSR count). The predicted octanol–water partition coefficient (Wildman–Crippen LogP) is 3.16. The first kappa shape index (κ1) is 29.3. The van der Waals surface area contributed by atoms with Crippen molar-refractivity contribution in [2.24, 2.45) is 0 Å². The number of nitrogens with one attached hydrogen (secondary N) is 1. The molecule has 2 saturated heterocycles. The van der Waals surface area contributed by atoms with Crippen LogP contribution in [0.25, 0.3) is 11.2 Å². The lowest BCUT2D eigenvalue weighted by Crippen LogP contribution is -2.41. The second-order valence-corrected chi connectivity index (χ2v) is 12.0. The first-order chi connectivity index (χ1) is 19.6. The number of hydrogen-bond donors (Lipinski definition) is 2. The molecule has 2 fully saturated rings. The number of hydrogen-bond acceptors (Lipinski definition) is 11. The summed E-state index contributed by atoms with van der Waals surface area (Å²) >= 11 is 0. The fraction of sp³-hybridized carbons (Fsp3) is 0.538. The van der Waals surface area contributed by atoms with E-state index in [1.807, 2.05) is 0 Å². The Balaban J connectivity index is 1.36. The highest BCUT2D eigenvalue weighted by molar-refractivity contribution is 7.52. The number of rotatable bonds is 10. The van der Waals surface area contributed by atoms with E-state index in [2.05, 4.69) is 24.9 Å². The summed E-state index contributed by atoms with van der Waals surface area (Å²) in [6.45, 7) is 3.79. The van der Waals surface area contributed by atoms with E-state index in [0.717, 1.165) is 32.4 Å². The normalized spacial score (nSPS) is 27.0. The van der Waals surface area contributed by atoms with Crippen molar-refractivity contribution in [1.82, 2.24) is 24.6 Å². The number of aromatic nitrogens is 4. The van der Waals surface area contributed by atoms with Crippen LogP contribution in [-0.4, -0.2) is 81.3 Å². The van der Waals surface area contributed by atoms with Gasteiger partial charge in [0.15, 0.2) is 28.9 Å². The zero-order chi connectivity index (χ0) is 29.2. The Kier molecular flexibility index (Phi) is 8.57. The van der Waals surface area contributed by atoms with E-state index in [4.69, 9.17) is 18.5 Å². The van der Waals surface area contributed by atoms with Gasteiger partial charge in [-0.25, -0.2) is 23.9 Å². The number of carbonyl (C=O) groups is 1. The van der Waals surface area contributed by atoms with Gasteiger partial charge < -0.3 is 24.0 Å². The van der Waals surface area contributed by atoms with Gasteiger partial charge in [-0.1, -0.05) is 18.2 Å². The molecule has 222 valence electrons. The molecule has 41 heavy (non-hydrogen) atoms. The fourth-order valence-electron chi connectivity index (χ4n) is 5.05. The average molecular weight is 593 g/mol. The van der Waals surface area contributed by atoms with Crippen molar-refractivity contribution in [3.05, 3.63) is 43.0 Å². The number of benzene rings is 1. The van der Waals surface area contributed by atoms with Gasteiger partial charge in [0.1, 0.15) is 30.3 Å². The second-order valence-electron chi connectivity index (χ2n) is 10.3. The highest BCUT2D eigenvalue weighted by Gasteiger charge is 2.56. The summed E-state index contributed by atoms with van der Waals surface area (Å²) < 4.78 is 53.0. The van der Waals surface area contributed by atoms with Gasteiger partial charge in [-0.15, -0.1) is 0 Å². The molecule has 1 aromatic carbocycles. The smallest absolute Gasteiger partial charge is 0.459 e. The molecule has 0 unspecified atom stereocenters. The number of aliphatic hydroxyl groups excluding tert-OH is 1. The number of fused-ring (bicyclic) bond motifs is 1. The first-order valence-electron chi connectivity index (χ1n) is 13.4. The number of methoxy groups -OCH3 is 1. The monoisotopic (exact) mass is 592 g/mol. The number of esters is 1. The molecule has 4 heterocycles. The summed E-state index contributed by atoms with van der Waals surface area (Å²) in [5, 5.41) is 13.5. The zero-order valence-electron chi connectivity index (χ0n) is 23.1. The third kappa shape index (κ3) is 6.07. The van der Waals surface area contributed by atoms with Crippen molar-refractivity contribution in [3.63, 3.8) is 0 Å². The van der Waals surface area contributed by atoms with E-state index in [0.29, 0.717) is 17.0 Å². The number of ether oxygens (including phenoxy) is 2. The molecule has 2 aromatic heterocycles. The maximum absolute atomic E-state index is 16.1. The quantitative estimate of drug-likeness (QED) is 0.263. The number of nitrogens with zero attached hydrogens (tertiary/aromatic N) is 5. The zero-order valence-corrected chi connectivity index (χ0v) is 23.9. The van der Waals surface area contributed by atoms with Crippen LogP contribution in [-0.2, 0) is 23.4 Å². The lowest BCUT2D eigenvalue weighted by atomic mass is 9.98. The van der Waals surface area contributed by atoms with Crippen LogP contribution in [0.1, 0.15) is 39.3 Å². The molecule has 3 aromatic rings. The molecular weight excluding hydrogens is 558 g/mol. The van der Waals surface area contributed by atoms with Crippen molar-refractivity contribution in [2.45, 2.75) is 63.3 Å². The van der Waals surface area contributed by atoms with E-state index in [9.17, 15) is 14.5 Å². The maximum atomic E-state index is 16.1. The van der Waals surface area contributed by atoms with Gasteiger partial charge in [-0.3, -0.25) is 13.9 Å². The van der Waals surface area contributed by atoms with Crippen LogP contribution < -0.4 is 14.5 Å². The number of halogens is 1. The van der Waals surface area contributed by atoms with Crippen molar-refractivity contribution >= 4 is 30.7 Å². The predicted molar refractivity (Wildman–Crippen MR) is 146 cm³/mol. The number of anilines is 1. The van der Waals surface area contributed by atoms with Crippen molar-refractivity contribution in [3.8, 4) is 5.75 Å². The van der Waals surface area contributed by atoms with Crippen LogP contribution in [0.2, 0.25) is 0 Å². The summed E-state index contributed by atoms with van der Waals surface area (Å²) in [6, 6.07) is 7.13. The van der Waals surface area contributed by atoms with Crippen LogP contribution in [0.3, 0.4) is 0 Å². The average Bonchev–Trinajstić information content (AvgIpc) is 3.50. The number of alkyl halides is 1. The molecule has 2 aliphatic heterocycles. The van der Waals surface area contributed by atoms with Crippen molar-refractivity contribution < 1.29 is 37.4 Å².